The van der Waals surface area contributed by atoms with Gasteiger partial charge in [0.25, 0.3) is 5.56 Å². The molecule has 0 atom stereocenters. The number of methoxy groups -OCH3 is 2. The molecule has 39 heavy (non-hydrogen) atoms. The van der Waals surface area contributed by atoms with Gasteiger partial charge < -0.3 is 19.3 Å². The van der Waals surface area contributed by atoms with E-state index in [1.54, 1.807) is 31.2 Å². The van der Waals surface area contributed by atoms with Gasteiger partial charge in [0.05, 0.1) is 43.7 Å². The topological polar surface area (TPSA) is 59.8 Å². The number of hydrogen-bond acceptors (Lipinski definition) is 6. The van der Waals surface area contributed by atoms with Gasteiger partial charge in [0, 0.05) is 31.9 Å². The fourth-order valence-corrected chi connectivity index (χ4v) is 5.36. The number of piperazine rings is 1. The molecule has 198 valence electrons. The van der Waals surface area contributed by atoms with Crippen LogP contribution in [-0.2, 0) is 6.54 Å². The van der Waals surface area contributed by atoms with Crippen LogP contribution in [0.15, 0.2) is 83.9 Å². The number of aromatic nitrogens is 2. The second kappa shape index (κ2) is 10.3. The maximum Gasteiger partial charge on any atom is 0.262 e. The fourth-order valence-electron chi connectivity index (χ4n) is 5.36. The van der Waals surface area contributed by atoms with Gasteiger partial charge in [0.2, 0.25) is 0 Å². The van der Waals surface area contributed by atoms with Crippen LogP contribution in [0.5, 0.6) is 11.5 Å². The first-order chi connectivity index (χ1) is 19.1. The minimum absolute atomic E-state index is 0.0911. The summed E-state index contributed by atoms with van der Waals surface area (Å²) in [4.78, 5) is 22.6. The van der Waals surface area contributed by atoms with E-state index in [4.69, 9.17) is 9.47 Å². The molecule has 5 aromatic rings. The summed E-state index contributed by atoms with van der Waals surface area (Å²) >= 11 is 0. The van der Waals surface area contributed by atoms with E-state index >= 15 is 0 Å². The number of nitrogens with zero attached hydrogens (tertiary/aromatic N) is 4. The Morgan fingerprint density at radius 2 is 1.62 bits per heavy atom. The Kier molecular flexibility index (Phi) is 6.52. The van der Waals surface area contributed by atoms with E-state index in [1.807, 2.05) is 48.5 Å². The third-order valence-electron chi connectivity index (χ3n) is 7.43. The van der Waals surface area contributed by atoms with Crippen LogP contribution in [0.4, 0.5) is 15.8 Å². The normalized spacial score (nSPS) is 13.7. The molecule has 7 nitrogen and oxygen atoms in total. The van der Waals surface area contributed by atoms with Crippen LogP contribution in [0.2, 0.25) is 0 Å². The first kappa shape index (κ1) is 24.7. The zero-order valence-electron chi connectivity index (χ0n) is 21.9. The predicted molar refractivity (Wildman–Crippen MR) is 153 cm³/mol. The van der Waals surface area contributed by atoms with Crippen molar-refractivity contribution in [3.63, 3.8) is 0 Å². The van der Waals surface area contributed by atoms with Gasteiger partial charge in [0.15, 0.2) is 11.5 Å². The Labute approximate surface area is 225 Å². The van der Waals surface area contributed by atoms with Crippen LogP contribution >= 0.6 is 0 Å². The summed E-state index contributed by atoms with van der Waals surface area (Å²) in [5.41, 5.74) is 3.23. The Morgan fingerprint density at radius 1 is 0.846 bits per heavy atom. The van der Waals surface area contributed by atoms with E-state index in [9.17, 15) is 9.18 Å². The van der Waals surface area contributed by atoms with Crippen molar-refractivity contribution in [1.29, 1.82) is 0 Å². The number of anilines is 2. The van der Waals surface area contributed by atoms with Gasteiger partial charge in [0.1, 0.15) is 5.82 Å². The zero-order valence-corrected chi connectivity index (χ0v) is 21.9. The summed E-state index contributed by atoms with van der Waals surface area (Å²) in [6, 6.07) is 22.7. The lowest BCUT2D eigenvalue weighted by Gasteiger charge is -2.37. The van der Waals surface area contributed by atoms with Crippen molar-refractivity contribution >= 4 is 33.1 Å². The lowest BCUT2D eigenvalue weighted by atomic mass is 10.0. The Morgan fingerprint density at radius 3 is 2.38 bits per heavy atom. The molecule has 1 aliphatic heterocycles. The Hall–Kier alpha value is -4.59. The molecule has 0 radical (unpaired) electrons. The second-order valence-corrected chi connectivity index (χ2v) is 9.66. The monoisotopic (exact) mass is 524 g/mol. The minimum Gasteiger partial charge on any atom is -0.493 e. The van der Waals surface area contributed by atoms with Crippen molar-refractivity contribution in [3.8, 4) is 11.5 Å². The molecule has 4 aromatic carbocycles. The number of fused-ring (bicyclic) bond motifs is 3. The van der Waals surface area contributed by atoms with E-state index in [0.29, 0.717) is 34.6 Å². The third-order valence-corrected chi connectivity index (χ3v) is 7.43. The molecule has 0 spiro atoms. The molecule has 1 aliphatic rings. The Bertz CT molecular complexity index is 1730. The molecule has 1 aromatic heterocycles. The smallest absolute Gasteiger partial charge is 0.262 e. The highest BCUT2D eigenvalue weighted by molar-refractivity contribution is 6.06. The van der Waals surface area contributed by atoms with Crippen LogP contribution in [0.25, 0.3) is 21.7 Å². The number of para-hydroxylation sites is 1. The highest BCUT2D eigenvalue weighted by atomic mass is 19.1. The van der Waals surface area contributed by atoms with Gasteiger partial charge in [-0.3, -0.25) is 9.36 Å². The molecule has 2 heterocycles. The van der Waals surface area contributed by atoms with E-state index in [2.05, 4.69) is 26.9 Å². The quantitative estimate of drug-likeness (QED) is 0.289. The SMILES string of the molecule is COc1ccc(Cn2cnc3ccc4cc(N5CCN(c6ccccc6F)CC5)ccc4c3c2=O)cc1OC. The van der Waals surface area contributed by atoms with Gasteiger partial charge in [-0.05, 0) is 58.8 Å². The number of ether oxygens (including phenoxy) is 2. The predicted octanol–water partition coefficient (Wildman–Crippen LogP) is 5.08. The minimum atomic E-state index is -0.186. The lowest BCUT2D eigenvalue weighted by Crippen LogP contribution is -2.46. The lowest BCUT2D eigenvalue weighted by molar-refractivity contribution is 0.354. The molecular weight excluding hydrogens is 495 g/mol. The molecule has 1 saturated heterocycles. The summed E-state index contributed by atoms with van der Waals surface area (Å²) < 4.78 is 26.6. The molecule has 0 amide bonds. The largest absolute Gasteiger partial charge is 0.493 e. The van der Waals surface area contributed by atoms with Crippen LogP contribution < -0.4 is 24.8 Å². The van der Waals surface area contributed by atoms with Crippen molar-refractivity contribution in [2.24, 2.45) is 0 Å². The van der Waals surface area contributed by atoms with Gasteiger partial charge >= 0.3 is 0 Å². The number of benzene rings is 4. The van der Waals surface area contributed by atoms with E-state index in [1.165, 1.54) is 6.07 Å². The summed E-state index contributed by atoms with van der Waals surface area (Å²) in [5.74, 6) is 1.07. The van der Waals surface area contributed by atoms with E-state index in [0.717, 1.165) is 48.2 Å². The fraction of sp³-hybridized carbons (Fsp3) is 0.226. The first-order valence-corrected chi connectivity index (χ1v) is 12.9. The molecular formula is C31H29FN4O3. The van der Waals surface area contributed by atoms with Gasteiger partial charge in [-0.25, -0.2) is 9.37 Å². The average molecular weight is 525 g/mol. The maximum absolute atomic E-state index is 14.2. The molecule has 0 unspecified atom stereocenters. The standard InChI is InChI=1S/C31H29FN4O3/c1-38-28-12-7-21(17-29(28)39-2)19-36-20-33-26-11-8-22-18-23(9-10-24(22)30(26)31(36)37)34-13-15-35(16-14-34)27-6-4-3-5-25(27)32/h3-12,17-18,20H,13-16,19H2,1-2H3. The summed E-state index contributed by atoms with van der Waals surface area (Å²) in [6.07, 6.45) is 1.59. The van der Waals surface area contributed by atoms with Crippen molar-refractivity contribution < 1.29 is 13.9 Å². The first-order valence-electron chi connectivity index (χ1n) is 12.9. The molecule has 0 saturated carbocycles. The average Bonchev–Trinajstić information content (AvgIpc) is 2.98. The van der Waals surface area contributed by atoms with Crippen molar-refractivity contribution in [2.75, 3.05) is 50.2 Å². The van der Waals surface area contributed by atoms with E-state index in [-0.39, 0.29) is 11.4 Å². The second-order valence-electron chi connectivity index (χ2n) is 9.66. The van der Waals surface area contributed by atoms with Crippen molar-refractivity contribution in [3.05, 3.63) is 101 Å². The maximum atomic E-state index is 14.2. The van der Waals surface area contributed by atoms with Crippen molar-refractivity contribution in [1.82, 2.24) is 9.55 Å². The van der Waals surface area contributed by atoms with Crippen LogP contribution in [0, 0.1) is 5.82 Å². The molecule has 6 rings (SSSR count). The number of rotatable bonds is 6. The van der Waals surface area contributed by atoms with Gasteiger partial charge in [-0.2, -0.15) is 0 Å². The molecule has 0 aliphatic carbocycles. The highest BCUT2D eigenvalue weighted by Crippen LogP contribution is 2.30. The van der Waals surface area contributed by atoms with Crippen LogP contribution in [-0.4, -0.2) is 49.9 Å². The third kappa shape index (κ3) is 4.63. The van der Waals surface area contributed by atoms with Crippen LogP contribution in [0.3, 0.4) is 0 Å². The van der Waals surface area contributed by atoms with E-state index < -0.39 is 0 Å². The molecule has 0 bridgehead atoms. The summed E-state index contributed by atoms with van der Waals surface area (Å²) in [5, 5.41) is 2.46. The number of halogens is 1. The summed E-state index contributed by atoms with van der Waals surface area (Å²) in [6.45, 7) is 3.41. The number of hydrogen-bond donors (Lipinski definition) is 0. The molecule has 1 fully saturated rings. The van der Waals surface area contributed by atoms with Crippen molar-refractivity contribution in [2.45, 2.75) is 6.54 Å². The van der Waals surface area contributed by atoms with Crippen LogP contribution in [0.1, 0.15) is 5.56 Å². The van der Waals surface area contributed by atoms with Gasteiger partial charge in [-0.1, -0.05) is 30.3 Å². The Balaban J connectivity index is 1.28. The molecule has 0 N–H and O–H groups in total. The van der Waals surface area contributed by atoms with Gasteiger partial charge in [-0.15, -0.1) is 0 Å². The zero-order chi connectivity index (χ0) is 26.9. The summed E-state index contributed by atoms with van der Waals surface area (Å²) in [7, 11) is 3.19. The highest BCUT2D eigenvalue weighted by Gasteiger charge is 2.20. The molecule has 8 heteroatoms.